The predicted molar refractivity (Wildman–Crippen MR) is 131 cm³/mol. The van der Waals surface area contributed by atoms with E-state index >= 15 is 0 Å². The lowest BCUT2D eigenvalue weighted by Gasteiger charge is -2.23. The standard InChI is InChI=1S/C24H28N2O3S2/c1-19-8-5-9-20(16-19)18-30-15-7-14-25-24(27)17-26(31(2,28)29)23-13-6-11-21-10-3-4-12-22(21)23/h3-6,8-13,16H,7,14-15,17-18H2,1-2H3,(H,25,27). The van der Waals surface area contributed by atoms with Gasteiger partial charge in [0.1, 0.15) is 6.54 Å². The summed E-state index contributed by atoms with van der Waals surface area (Å²) in [6, 6.07) is 21.5. The summed E-state index contributed by atoms with van der Waals surface area (Å²) in [4.78, 5) is 12.5. The van der Waals surface area contributed by atoms with E-state index in [2.05, 4.69) is 36.5 Å². The molecule has 0 aliphatic rings. The van der Waals surface area contributed by atoms with Crippen molar-refractivity contribution < 1.29 is 13.2 Å². The number of nitrogens with one attached hydrogen (secondary N) is 1. The SMILES string of the molecule is Cc1cccc(CSCCCNC(=O)CN(c2cccc3ccccc23)S(C)(=O)=O)c1. The zero-order valence-corrected chi connectivity index (χ0v) is 19.5. The number of carbonyl (C=O) groups is 1. The third-order valence-electron chi connectivity index (χ3n) is 4.86. The van der Waals surface area contributed by atoms with E-state index in [-0.39, 0.29) is 12.5 Å². The van der Waals surface area contributed by atoms with Gasteiger partial charge in [-0.2, -0.15) is 11.8 Å². The second-order valence-corrected chi connectivity index (χ2v) is 10.5. The Morgan fingerprint density at radius 3 is 2.55 bits per heavy atom. The Kier molecular flexibility index (Phi) is 7.98. The molecule has 3 aromatic rings. The van der Waals surface area contributed by atoms with Crippen LogP contribution in [-0.2, 0) is 20.6 Å². The van der Waals surface area contributed by atoms with Crippen molar-refractivity contribution in [3.63, 3.8) is 0 Å². The smallest absolute Gasteiger partial charge is 0.240 e. The van der Waals surface area contributed by atoms with Crippen LogP contribution in [0.2, 0.25) is 0 Å². The molecular formula is C24H28N2O3S2. The van der Waals surface area contributed by atoms with Crippen molar-refractivity contribution in [3.05, 3.63) is 77.9 Å². The molecule has 0 saturated heterocycles. The van der Waals surface area contributed by atoms with E-state index in [0.717, 1.165) is 35.0 Å². The highest BCUT2D eigenvalue weighted by Crippen LogP contribution is 2.28. The first kappa shape index (κ1) is 23.2. The molecule has 0 aliphatic heterocycles. The van der Waals surface area contributed by atoms with E-state index in [0.29, 0.717) is 12.2 Å². The van der Waals surface area contributed by atoms with Crippen LogP contribution >= 0.6 is 11.8 Å². The first-order chi connectivity index (χ1) is 14.8. The molecule has 1 N–H and O–H groups in total. The Bertz CT molecular complexity index is 1140. The number of benzene rings is 3. The lowest BCUT2D eigenvalue weighted by atomic mass is 10.1. The van der Waals surface area contributed by atoms with Gasteiger partial charge in [-0.25, -0.2) is 8.42 Å². The Labute approximate surface area is 188 Å². The topological polar surface area (TPSA) is 66.5 Å². The van der Waals surface area contributed by atoms with Gasteiger partial charge in [-0.05, 0) is 36.1 Å². The van der Waals surface area contributed by atoms with Crippen molar-refractivity contribution in [2.24, 2.45) is 0 Å². The molecule has 0 atom stereocenters. The summed E-state index contributed by atoms with van der Waals surface area (Å²) in [5.41, 5.74) is 3.07. The van der Waals surface area contributed by atoms with Gasteiger partial charge >= 0.3 is 0 Å². The molecule has 0 bridgehead atoms. The average Bonchev–Trinajstić information content (AvgIpc) is 2.73. The molecule has 0 unspecified atom stereocenters. The minimum Gasteiger partial charge on any atom is -0.354 e. The molecule has 0 aliphatic carbocycles. The van der Waals surface area contributed by atoms with E-state index < -0.39 is 10.0 Å². The molecule has 7 heteroatoms. The van der Waals surface area contributed by atoms with Crippen molar-refractivity contribution in [2.45, 2.75) is 19.1 Å². The number of anilines is 1. The second kappa shape index (κ2) is 10.7. The molecule has 0 aromatic heterocycles. The van der Waals surface area contributed by atoms with Gasteiger partial charge < -0.3 is 5.32 Å². The fourth-order valence-electron chi connectivity index (χ4n) is 3.39. The van der Waals surface area contributed by atoms with Gasteiger partial charge in [-0.3, -0.25) is 9.10 Å². The van der Waals surface area contributed by atoms with Gasteiger partial charge in [0.05, 0.1) is 11.9 Å². The monoisotopic (exact) mass is 456 g/mol. The molecule has 3 rings (SSSR count). The minimum atomic E-state index is -3.61. The van der Waals surface area contributed by atoms with Crippen molar-refractivity contribution in [1.82, 2.24) is 5.32 Å². The normalized spacial score (nSPS) is 11.4. The molecule has 164 valence electrons. The summed E-state index contributed by atoms with van der Waals surface area (Å²) < 4.78 is 26.0. The van der Waals surface area contributed by atoms with Crippen LogP contribution < -0.4 is 9.62 Å². The molecule has 0 spiro atoms. The Hall–Kier alpha value is -2.51. The molecule has 3 aromatic carbocycles. The Morgan fingerprint density at radius 2 is 1.77 bits per heavy atom. The third-order valence-corrected chi connectivity index (χ3v) is 7.10. The van der Waals surface area contributed by atoms with Gasteiger partial charge in [0, 0.05) is 17.7 Å². The highest BCUT2D eigenvalue weighted by atomic mass is 32.2. The second-order valence-electron chi connectivity index (χ2n) is 7.51. The maximum atomic E-state index is 12.5. The number of amides is 1. The van der Waals surface area contributed by atoms with Crippen LogP contribution in [0.5, 0.6) is 0 Å². The van der Waals surface area contributed by atoms with Crippen molar-refractivity contribution in [1.29, 1.82) is 0 Å². The molecular weight excluding hydrogens is 428 g/mol. The van der Waals surface area contributed by atoms with Crippen molar-refractivity contribution in [3.8, 4) is 0 Å². The Morgan fingerprint density at radius 1 is 1.03 bits per heavy atom. The fourth-order valence-corrected chi connectivity index (χ4v) is 5.16. The van der Waals surface area contributed by atoms with Crippen LogP contribution in [0, 0.1) is 6.92 Å². The number of rotatable bonds is 10. The lowest BCUT2D eigenvalue weighted by Crippen LogP contribution is -2.40. The quantitative estimate of drug-likeness (QED) is 0.461. The Balaban J connectivity index is 1.52. The fraction of sp³-hybridized carbons (Fsp3) is 0.292. The first-order valence-electron chi connectivity index (χ1n) is 10.2. The molecule has 31 heavy (non-hydrogen) atoms. The number of fused-ring (bicyclic) bond motifs is 1. The molecule has 0 fully saturated rings. The molecule has 0 saturated carbocycles. The van der Waals surface area contributed by atoms with Gasteiger partial charge in [-0.1, -0.05) is 66.2 Å². The third kappa shape index (κ3) is 6.74. The van der Waals surface area contributed by atoms with Crippen LogP contribution in [0.1, 0.15) is 17.5 Å². The molecule has 0 heterocycles. The van der Waals surface area contributed by atoms with E-state index in [4.69, 9.17) is 0 Å². The number of hydrogen-bond donors (Lipinski definition) is 1. The number of aryl methyl sites for hydroxylation is 1. The highest BCUT2D eigenvalue weighted by molar-refractivity contribution is 7.98. The zero-order chi connectivity index (χ0) is 22.3. The van der Waals surface area contributed by atoms with Crippen LogP contribution in [0.15, 0.2) is 66.7 Å². The molecule has 1 amide bonds. The number of hydrogen-bond acceptors (Lipinski definition) is 4. The van der Waals surface area contributed by atoms with Gasteiger partial charge in [-0.15, -0.1) is 0 Å². The summed E-state index contributed by atoms with van der Waals surface area (Å²) in [7, 11) is -3.61. The summed E-state index contributed by atoms with van der Waals surface area (Å²) in [5, 5.41) is 4.58. The summed E-state index contributed by atoms with van der Waals surface area (Å²) in [5.74, 6) is 1.56. The van der Waals surface area contributed by atoms with Crippen molar-refractivity contribution in [2.75, 3.05) is 29.4 Å². The van der Waals surface area contributed by atoms with Crippen LogP contribution in [0.25, 0.3) is 10.8 Å². The molecule has 0 radical (unpaired) electrons. The van der Waals surface area contributed by atoms with E-state index in [1.807, 2.05) is 42.1 Å². The van der Waals surface area contributed by atoms with Gasteiger partial charge in [0.25, 0.3) is 0 Å². The number of nitrogens with zero attached hydrogens (tertiary/aromatic N) is 1. The maximum Gasteiger partial charge on any atom is 0.240 e. The average molecular weight is 457 g/mol. The van der Waals surface area contributed by atoms with Crippen LogP contribution in [-0.4, -0.2) is 39.4 Å². The number of thioether (sulfide) groups is 1. The predicted octanol–water partition coefficient (Wildman–Crippen LogP) is 4.35. The summed E-state index contributed by atoms with van der Waals surface area (Å²) in [6.45, 7) is 2.37. The number of carbonyl (C=O) groups excluding carboxylic acids is 1. The summed E-state index contributed by atoms with van der Waals surface area (Å²) >= 11 is 1.83. The van der Waals surface area contributed by atoms with Gasteiger partial charge in [0.2, 0.25) is 15.9 Å². The van der Waals surface area contributed by atoms with E-state index in [1.54, 1.807) is 12.1 Å². The van der Waals surface area contributed by atoms with Crippen LogP contribution in [0.4, 0.5) is 5.69 Å². The lowest BCUT2D eigenvalue weighted by molar-refractivity contribution is -0.119. The van der Waals surface area contributed by atoms with E-state index in [1.165, 1.54) is 15.4 Å². The zero-order valence-electron chi connectivity index (χ0n) is 17.9. The van der Waals surface area contributed by atoms with Crippen molar-refractivity contribution >= 4 is 44.2 Å². The summed E-state index contributed by atoms with van der Waals surface area (Å²) in [6.07, 6.45) is 1.96. The number of sulfonamides is 1. The van der Waals surface area contributed by atoms with Crippen LogP contribution in [0.3, 0.4) is 0 Å². The minimum absolute atomic E-state index is 0.233. The highest BCUT2D eigenvalue weighted by Gasteiger charge is 2.22. The van der Waals surface area contributed by atoms with Gasteiger partial charge in [0.15, 0.2) is 0 Å². The van der Waals surface area contributed by atoms with E-state index in [9.17, 15) is 13.2 Å². The maximum absolute atomic E-state index is 12.5. The largest absolute Gasteiger partial charge is 0.354 e. The molecule has 5 nitrogen and oxygen atoms in total. The first-order valence-corrected chi connectivity index (χ1v) is 13.2.